The maximum Gasteiger partial charge on any atom is 0.256 e. The highest BCUT2D eigenvalue weighted by atomic mass is 32.1. The first-order valence-electron chi connectivity index (χ1n) is 10.7. The molecule has 1 atom stereocenters. The fraction of sp³-hybridized carbons (Fsp3) is 0.231. The van der Waals surface area contributed by atoms with Gasteiger partial charge in [-0.15, -0.1) is 11.3 Å². The average molecular weight is 463 g/mol. The number of methoxy groups -OCH3 is 2. The quantitative estimate of drug-likeness (QED) is 0.399. The van der Waals surface area contributed by atoms with Crippen molar-refractivity contribution < 1.29 is 18.7 Å². The van der Waals surface area contributed by atoms with Crippen LogP contribution in [-0.2, 0) is 6.42 Å². The molecular formula is C26H23FN2O3S. The molecule has 0 spiro atoms. The summed E-state index contributed by atoms with van der Waals surface area (Å²) in [5.41, 5.74) is 3.82. The van der Waals surface area contributed by atoms with E-state index in [0.29, 0.717) is 41.2 Å². The van der Waals surface area contributed by atoms with Gasteiger partial charge in [0.1, 0.15) is 5.82 Å². The summed E-state index contributed by atoms with van der Waals surface area (Å²) in [5, 5.41) is 2.76. The molecule has 1 aliphatic heterocycles. The minimum Gasteiger partial charge on any atom is -0.493 e. The van der Waals surface area contributed by atoms with Crippen molar-refractivity contribution in [3.8, 4) is 11.5 Å². The number of rotatable bonds is 4. The number of aryl methyl sites for hydroxylation is 1. The summed E-state index contributed by atoms with van der Waals surface area (Å²) < 4.78 is 24.7. The first-order chi connectivity index (χ1) is 16.0. The lowest BCUT2D eigenvalue weighted by molar-refractivity contribution is 0.0696. The van der Waals surface area contributed by atoms with Gasteiger partial charge < -0.3 is 14.4 Å². The van der Waals surface area contributed by atoms with E-state index in [4.69, 9.17) is 9.47 Å². The van der Waals surface area contributed by atoms with Gasteiger partial charge in [-0.1, -0.05) is 6.07 Å². The molecule has 2 aromatic carbocycles. The lowest BCUT2D eigenvalue weighted by atomic mass is 9.90. The Hall–Kier alpha value is -3.45. The number of carbonyl (C=O) groups is 1. The number of hydrogen-bond acceptors (Lipinski definition) is 5. The van der Waals surface area contributed by atoms with E-state index in [1.165, 1.54) is 12.1 Å². The molecule has 5 rings (SSSR count). The molecule has 33 heavy (non-hydrogen) atoms. The van der Waals surface area contributed by atoms with E-state index in [-0.39, 0.29) is 17.8 Å². The van der Waals surface area contributed by atoms with Crippen molar-refractivity contribution in [1.29, 1.82) is 0 Å². The van der Waals surface area contributed by atoms with Crippen LogP contribution in [0.5, 0.6) is 11.5 Å². The second-order valence-electron chi connectivity index (χ2n) is 8.03. The molecule has 168 valence electrons. The largest absolute Gasteiger partial charge is 0.493 e. The van der Waals surface area contributed by atoms with Crippen molar-refractivity contribution in [2.45, 2.75) is 19.4 Å². The Morgan fingerprint density at radius 1 is 1.12 bits per heavy atom. The van der Waals surface area contributed by atoms with E-state index in [1.54, 1.807) is 38.5 Å². The fourth-order valence-electron chi connectivity index (χ4n) is 4.53. The lowest BCUT2D eigenvalue weighted by Crippen LogP contribution is -2.40. The van der Waals surface area contributed by atoms with Crippen molar-refractivity contribution in [2.75, 3.05) is 20.8 Å². The van der Waals surface area contributed by atoms with Gasteiger partial charge in [0.25, 0.3) is 5.91 Å². The number of thiophene rings is 1. The highest BCUT2D eigenvalue weighted by Crippen LogP contribution is 2.42. The molecule has 0 radical (unpaired) electrons. The SMILES string of the molecule is COc1cc2c(cc1OC)C(c1cccs1)N(C(=O)c1cc3ccc(F)cc3nc1C)CC2. The third-order valence-electron chi connectivity index (χ3n) is 6.15. The standard InChI is InChI=1S/C26H23FN2O3S/c1-15-19(11-17-6-7-18(27)13-21(17)28-15)26(30)29-9-8-16-12-22(31-2)23(32-3)14-20(16)25(29)24-5-4-10-33-24/h4-7,10-14,25H,8-9H2,1-3H3. The molecular weight excluding hydrogens is 439 g/mol. The average Bonchev–Trinajstić information content (AvgIpc) is 3.36. The molecule has 0 saturated heterocycles. The minimum atomic E-state index is -0.344. The van der Waals surface area contributed by atoms with Gasteiger partial charge in [-0.3, -0.25) is 9.78 Å². The van der Waals surface area contributed by atoms with E-state index in [2.05, 4.69) is 11.1 Å². The monoisotopic (exact) mass is 462 g/mol. The Bertz CT molecular complexity index is 1350. The van der Waals surface area contributed by atoms with Crippen molar-refractivity contribution >= 4 is 28.1 Å². The van der Waals surface area contributed by atoms with Crippen LogP contribution in [0.25, 0.3) is 10.9 Å². The summed E-state index contributed by atoms with van der Waals surface area (Å²) in [4.78, 5) is 21.4. The summed E-state index contributed by atoms with van der Waals surface area (Å²) >= 11 is 1.62. The van der Waals surface area contributed by atoms with Crippen LogP contribution in [0.2, 0.25) is 0 Å². The summed E-state index contributed by atoms with van der Waals surface area (Å²) in [5.74, 6) is 0.883. The molecule has 0 aliphatic carbocycles. The van der Waals surface area contributed by atoms with Gasteiger partial charge in [0.05, 0.1) is 37.0 Å². The lowest BCUT2D eigenvalue weighted by Gasteiger charge is -2.37. The molecule has 2 aromatic heterocycles. The molecule has 0 fully saturated rings. The van der Waals surface area contributed by atoms with Crippen LogP contribution >= 0.6 is 11.3 Å². The van der Waals surface area contributed by atoms with Crippen molar-refractivity contribution in [2.24, 2.45) is 0 Å². The highest BCUT2D eigenvalue weighted by molar-refractivity contribution is 7.10. The third-order valence-corrected chi connectivity index (χ3v) is 7.07. The predicted molar refractivity (Wildman–Crippen MR) is 127 cm³/mol. The molecule has 1 aliphatic rings. The Morgan fingerprint density at radius 2 is 1.91 bits per heavy atom. The number of nitrogens with zero attached hydrogens (tertiary/aromatic N) is 2. The van der Waals surface area contributed by atoms with Crippen LogP contribution in [0.1, 0.15) is 38.1 Å². The highest BCUT2D eigenvalue weighted by Gasteiger charge is 2.35. The summed E-state index contributed by atoms with van der Waals surface area (Å²) in [6.45, 7) is 2.36. The number of ether oxygens (including phenoxy) is 2. The number of halogens is 1. The van der Waals surface area contributed by atoms with Crippen LogP contribution in [-0.4, -0.2) is 36.6 Å². The van der Waals surface area contributed by atoms with Crippen LogP contribution in [0, 0.1) is 12.7 Å². The molecule has 0 saturated carbocycles. The summed E-state index contributed by atoms with van der Waals surface area (Å²) in [6.07, 6.45) is 0.703. The zero-order chi connectivity index (χ0) is 23.1. The molecule has 3 heterocycles. The first kappa shape index (κ1) is 21.4. The Labute approximate surface area is 195 Å². The van der Waals surface area contributed by atoms with E-state index in [0.717, 1.165) is 21.4 Å². The molecule has 5 nitrogen and oxygen atoms in total. The van der Waals surface area contributed by atoms with Crippen LogP contribution in [0.4, 0.5) is 4.39 Å². The molecule has 0 bridgehead atoms. The fourth-order valence-corrected chi connectivity index (χ4v) is 5.38. The number of fused-ring (bicyclic) bond motifs is 2. The van der Waals surface area contributed by atoms with Gasteiger partial charge >= 0.3 is 0 Å². The normalized spacial score (nSPS) is 15.4. The summed E-state index contributed by atoms with van der Waals surface area (Å²) in [7, 11) is 3.24. The molecule has 0 N–H and O–H groups in total. The van der Waals surface area contributed by atoms with Gasteiger partial charge in [0.2, 0.25) is 0 Å². The van der Waals surface area contributed by atoms with Crippen LogP contribution in [0.15, 0.2) is 53.9 Å². The number of hydrogen-bond donors (Lipinski definition) is 0. The summed E-state index contributed by atoms with van der Waals surface area (Å²) in [6, 6.07) is 14.0. The van der Waals surface area contributed by atoms with Crippen molar-refractivity contribution in [3.63, 3.8) is 0 Å². The zero-order valence-corrected chi connectivity index (χ0v) is 19.4. The molecule has 7 heteroatoms. The van der Waals surface area contributed by atoms with E-state index in [1.807, 2.05) is 34.5 Å². The smallest absolute Gasteiger partial charge is 0.256 e. The van der Waals surface area contributed by atoms with Gasteiger partial charge in [-0.05, 0) is 66.2 Å². The van der Waals surface area contributed by atoms with E-state index in [9.17, 15) is 9.18 Å². The van der Waals surface area contributed by atoms with Gasteiger partial charge in [-0.2, -0.15) is 0 Å². The molecule has 1 amide bonds. The molecule has 1 unspecified atom stereocenters. The Kier molecular flexibility index (Phi) is 5.50. The maximum atomic E-state index is 13.9. The van der Waals surface area contributed by atoms with Gasteiger partial charge in [-0.25, -0.2) is 4.39 Å². The molecule has 4 aromatic rings. The van der Waals surface area contributed by atoms with Crippen molar-refractivity contribution in [3.05, 3.63) is 87.0 Å². The number of pyridine rings is 1. The van der Waals surface area contributed by atoms with Gasteiger partial charge in [0.15, 0.2) is 11.5 Å². The second kappa shape index (κ2) is 8.48. The van der Waals surface area contributed by atoms with Crippen LogP contribution in [0.3, 0.4) is 0 Å². The zero-order valence-electron chi connectivity index (χ0n) is 18.6. The number of benzene rings is 2. The Balaban J connectivity index is 1.62. The number of carbonyl (C=O) groups excluding carboxylic acids is 1. The first-order valence-corrected chi connectivity index (χ1v) is 11.5. The third kappa shape index (κ3) is 3.72. The van der Waals surface area contributed by atoms with Crippen molar-refractivity contribution in [1.82, 2.24) is 9.88 Å². The maximum absolute atomic E-state index is 13.9. The Morgan fingerprint density at radius 3 is 2.64 bits per heavy atom. The number of amides is 1. The minimum absolute atomic E-state index is 0.0925. The van der Waals surface area contributed by atoms with E-state index >= 15 is 0 Å². The predicted octanol–water partition coefficient (Wildman–Crippen LogP) is 5.55. The van der Waals surface area contributed by atoms with Crippen LogP contribution < -0.4 is 9.47 Å². The number of aromatic nitrogens is 1. The van der Waals surface area contributed by atoms with E-state index < -0.39 is 0 Å². The van der Waals surface area contributed by atoms with Gasteiger partial charge in [0, 0.05) is 22.9 Å². The topological polar surface area (TPSA) is 51.7 Å². The second-order valence-corrected chi connectivity index (χ2v) is 9.01.